The summed E-state index contributed by atoms with van der Waals surface area (Å²) >= 11 is 5.93. The second-order valence-electron chi connectivity index (χ2n) is 6.75. The molecule has 1 aromatic heterocycles. The van der Waals surface area contributed by atoms with Crippen molar-refractivity contribution in [2.24, 2.45) is 10.2 Å². The molecule has 0 atom stereocenters. The van der Waals surface area contributed by atoms with Crippen LogP contribution in [0.4, 0.5) is 5.69 Å². The van der Waals surface area contributed by atoms with E-state index in [1.54, 1.807) is 61.7 Å². The number of aldehydes is 1. The first-order valence-corrected chi connectivity index (χ1v) is 10.8. The molecule has 0 radical (unpaired) electrons. The van der Waals surface area contributed by atoms with Gasteiger partial charge in [0.15, 0.2) is 12.0 Å². The van der Waals surface area contributed by atoms with E-state index in [2.05, 4.69) is 32.1 Å². The minimum Gasteiger partial charge on any atom is -0.436 e. The summed E-state index contributed by atoms with van der Waals surface area (Å²) in [7, 11) is 1.68. The minimum absolute atomic E-state index is 0.106. The molecule has 1 amide bonds. The summed E-state index contributed by atoms with van der Waals surface area (Å²) in [6.45, 7) is 6.30. The lowest BCUT2D eigenvalue weighted by Gasteiger charge is -2.23. The molecule has 0 bridgehead atoms. The largest absolute Gasteiger partial charge is 0.436 e. The Morgan fingerprint density at radius 3 is 2.43 bits per heavy atom. The minimum atomic E-state index is -0.587. The van der Waals surface area contributed by atoms with Crippen molar-refractivity contribution in [3.05, 3.63) is 71.4 Å². The zero-order valence-electron chi connectivity index (χ0n) is 19.4. The number of carbonyl (C=O) groups is 2. The van der Waals surface area contributed by atoms with Crippen molar-refractivity contribution in [3.8, 4) is 11.6 Å². The van der Waals surface area contributed by atoms with Gasteiger partial charge in [-0.05, 0) is 54.0 Å². The Bertz CT molecular complexity index is 1080. The van der Waals surface area contributed by atoms with Crippen LogP contribution in [0.25, 0.3) is 0 Å². The van der Waals surface area contributed by atoms with Crippen LogP contribution >= 0.6 is 11.6 Å². The fourth-order valence-electron chi connectivity index (χ4n) is 2.57. The molecular weight excluding hydrogens is 474 g/mol. The monoisotopic (exact) mass is 499 g/mol. The summed E-state index contributed by atoms with van der Waals surface area (Å²) in [4.78, 5) is 25.4. The zero-order valence-corrected chi connectivity index (χ0v) is 20.1. The van der Waals surface area contributed by atoms with Crippen molar-refractivity contribution >= 4 is 41.9 Å². The van der Waals surface area contributed by atoms with Gasteiger partial charge < -0.3 is 24.2 Å². The standard InChI is InChI=1S/C21H18ClN5O4.C3H8O/c1-23-25-19(13-28)21(29)27(12-15-2-4-16(22)5-3-15)14-24-17-6-8-18(9-7-17)31-20-10-11-30-26-20;1-3-4-2/h2-11,13,24H,1,12,14H2;3H2,1-2H3/b25-19-;. The molecule has 0 spiro atoms. The van der Waals surface area contributed by atoms with Crippen molar-refractivity contribution in [1.82, 2.24) is 10.1 Å². The molecule has 0 aliphatic heterocycles. The van der Waals surface area contributed by atoms with E-state index in [9.17, 15) is 9.59 Å². The molecule has 1 N–H and O–H groups in total. The lowest BCUT2D eigenvalue weighted by molar-refractivity contribution is -0.124. The number of aromatic nitrogens is 1. The summed E-state index contributed by atoms with van der Waals surface area (Å²) in [6, 6.07) is 15.7. The smallest absolute Gasteiger partial charge is 0.279 e. The Morgan fingerprint density at radius 2 is 1.89 bits per heavy atom. The molecule has 184 valence electrons. The number of nitrogens with zero attached hydrogens (tertiary/aromatic N) is 4. The predicted molar refractivity (Wildman–Crippen MR) is 134 cm³/mol. The van der Waals surface area contributed by atoms with Gasteiger partial charge in [-0.15, -0.1) is 5.10 Å². The van der Waals surface area contributed by atoms with Crippen LogP contribution in [0.5, 0.6) is 11.6 Å². The molecular formula is C24H26ClN5O5. The van der Waals surface area contributed by atoms with Gasteiger partial charge in [-0.25, -0.2) is 0 Å². The van der Waals surface area contributed by atoms with Crippen molar-refractivity contribution in [2.45, 2.75) is 13.5 Å². The molecule has 11 heteroatoms. The molecule has 0 saturated carbocycles. The van der Waals surface area contributed by atoms with Crippen LogP contribution in [-0.2, 0) is 20.9 Å². The molecule has 0 aliphatic rings. The number of rotatable bonds is 11. The van der Waals surface area contributed by atoms with Crippen molar-refractivity contribution in [1.29, 1.82) is 0 Å². The maximum absolute atomic E-state index is 12.8. The highest BCUT2D eigenvalue weighted by Gasteiger charge is 2.20. The fraction of sp³-hybridized carbons (Fsp3) is 0.208. The summed E-state index contributed by atoms with van der Waals surface area (Å²) in [6.07, 6.45) is 1.76. The molecule has 3 rings (SSSR count). The fourth-order valence-corrected chi connectivity index (χ4v) is 2.69. The van der Waals surface area contributed by atoms with Crippen LogP contribution in [0.15, 0.2) is 75.6 Å². The quantitative estimate of drug-likeness (QED) is 0.136. The number of ether oxygens (including phenoxy) is 2. The van der Waals surface area contributed by atoms with Crippen LogP contribution in [0.2, 0.25) is 5.02 Å². The van der Waals surface area contributed by atoms with Gasteiger partial charge in [0.2, 0.25) is 0 Å². The summed E-state index contributed by atoms with van der Waals surface area (Å²) in [5.74, 6) is 0.328. The van der Waals surface area contributed by atoms with Gasteiger partial charge in [0.05, 0.1) is 6.67 Å². The Labute approximate surface area is 208 Å². The third-order valence-electron chi connectivity index (χ3n) is 4.34. The van der Waals surface area contributed by atoms with Crippen LogP contribution in [0.3, 0.4) is 0 Å². The molecule has 1 heterocycles. The van der Waals surface area contributed by atoms with E-state index in [-0.39, 0.29) is 18.9 Å². The van der Waals surface area contributed by atoms with E-state index in [0.29, 0.717) is 22.9 Å². The van der Waals surface area contributed by atoms with Gasteiger partial charge >= 0.3 is 0 Å². The number of halogens is 1. The number of carbonyl (C=O) groups excluding carboxylic acids is 2. The van der Waals surface area contributed by atoms with Crippen LogP contribution in [0, 0.1) is 0 Å². The van der Waals surface area contributed by atoms with E-state index in [4.69, 9.17) is 20.9 Å². The van der Waals surface area contributed by atoms with Crippen molar-refractivity contribution in [3.63, 3.8) is 0 Å². The molecule has 0 unspecified atom stereocenters. The third kappa shape index (κ3) is 9.40. The molecule has 0 aliphatic carbocycles. The Kier molecular flexibility index (Phi) is 11.7. The van der Waals surface area contributed by atoms with Crippen LogP contribution in [0.1, 0.15) is 12.5 Å². The number of nitrogens with one attached hydrogen (secondary N) is 1. The number of amides is 1. The topological polar surface area (TPSA) is 119 Å². The number of anilines is 1. The normalized spacial score (nSPS) is 10.5. The highest BCUT2D eigenvalue weighted by atomic mass is 35.5. The van der Waals surface area contributed by atoms with Gasteiger partial charge in [-0.2, -0.15) is 5.10 Å². The zero-order chi connectivity index (χ0) is 25.5. The molecule has 2 aromatic carbocycles. The number of hydrogen-bond donors (Lipinski definition) is 1. The molecule has 3 aromatic rings. The molecule has 0 fully saturated rings. The number of benzene rings is 2. The van der Waals surface area contributed by atoms with E-state index in [0.717, 1.165) is 17.9 Å². The Morgan fingerprint density at radius 1 is 1.20 bits per heavy atom. The third-order valence-corrected chi connectivity index (χ3v) is 4.59. The van der Waals surface area contributed by atoms with E-state index >= 15 is 0 Å². The van der Waals surface area contributed by atoms with Gasteiger partial charge in [0.25, 0.3) is 11.8 Å². The first-order chi connectivity index (χ1) is 17.0. The SMILES string of the molecule is C=N/N=C(/C=O)C(=O)N(CNc1ccc(Oc2ccon2)cc1)Cc1ccc(Cl)cc1.CCOC. The summed E-state index contributed by atoms with van der Waals surface area (Å²) < 4.78 is 14.8. The van der Waals surface area contributed by atoms with E-state index in [1.807, 2.05) is 6.92 Å². The number of methoxy groups -OCH3 is 1. The van der Waals surface area contributed by atoms with Gasteiger partial charge in [0.1, 0.15) is 12.0 Å². The first-order valence-electron chi connectivity index (χ1n) is 10.4. The predicted octanol–water partition coefficient (Wildman–Crippen LogP) is 4.43. The van der Waals surface area contributed by atoms with Crippen LogP contribution < -0.4 is 10.1 Å². The average Bonchev–Trinajstić information content (AvgIpc) is 3.40. The second-order valence-corrected chi connectivity index (χ2v) is 7.19. The molecule has 0 saturated heterocycles. The Balaban J connectivity index is 0.00000100. The van der Waals surface area contributed by atoms with E-state index < -0.39 is 5.91 Å². The maximum Gasteiger partial charge on any atom is 0.279 e. The summed E-state index contributed by atoms with van der Waals surface area (Å²) in [5, 5.41) is 14.2. The van der Waals surface area contributed by atoms with Gasteiger partial charge in [0, 0.05) is 43.8 Å². The maximum atomic E-state index is 12.8. The summed E-state index contributed by atoms with van der Waals surface area (Å²) in [5.41, 5.74) is 1.21. The van der Waals surface area contributed by atoms with Crippen molar-refractivity contribution < 1.29 is 23.6 Å². The van der Waals surface area contributed by atoms with Gasteiger partial charge in [-0.3, -0.25) is 9.59 Å². The van der Waals surface area contributed by atoms with E-state index in [1.165, 1.54) is 11.2 Å². The number of hydrogen-bond acceptors (Lipinski definition) is 9. The van der Waals surface area contributed by atoms with Crippen LogP contribution in [-0.4, -0.2) is 55.1 Å². The molecule has 35 heavy (non-hydrogen) atoms. The van der Waals surface area contributed by atoms with Gasteiger partial charge in [-0.1, -0.05) is 23.7 Å². The molecule has 10 nitrogen and oxygen atoms in total. The lowest BCUT2D eigenvalue weighted by atomic mass is 10.2. The van der Waals surface area contributed by atoms with Crippen molar-refractivity contribution in [2.75, 3.05) is 25.7 Å². The lowest BCUT2D eigenvalue weighted by Crippen LogP contribution is -2.40. The highest BCUT2D eigenvalue weighted by molar-refractivity contribution is 6.59. The first kappa shape index (κ1) is 27.2. The highest BCUT2D eigenvalue weighted by Crippen LogP contribution is 2.21. The average molecular weight is 500 g/mol. The Hall–Kier alpha value is -4.02. The second kappa shape index (κ2) is 15.0.